The zero-order chi connectivity index (χ0) is 49.9. The summed E-state index contributed by atoms with van der Waals surface area (Å²) in [6.45, 7) is 14.9. The van der Waals surface area contributed by atoms with Crippen molar-refractivity contribution in [3.63, 3.8) is 0 Å². The van der Waals surface area contributed by atoms with Crippen molar-refractivity contribution in [2.45, 2.75) is 70.7 Å². The molecule has 0 N–H and O–H groups in total. The van der Waals surface area contributed by atoms with Crippen LogP contribution in [0.5, 0.6) is 0 Å². The molecule has 0 spiro atoms. The monoisotopic (exact) mass is 1310 g/mol. The maximum absolute atomic E-state index is 13.7. The summed E-state index contributed by atoms with van der Waals surface area (Å²) in [7, 11) is -2.62. The van der Waals surface area contributed by atoms with Gasteiger partial charge in [-0.25, -0.2) is 36.9 Å². The number of nitrogens with zero attached hydrogens (tertiary/aromatic N) is 12. The van der Waals surface area contributed by atoms with Gasteiger partial charge in [0.15, 0.2) is 0 Å². The Balaban J connectivity index is 0.000000181. The second kappa shape index (κ2) is 24.0. The van der Waals surface area contributed by atoms with Gasteiger partial charge >= 0.3 is 18.3 Å². The van der Waals surface area contributed by atoms with Crippen LogP contribution >= 0.6 is 67.8 Å². The number of carbonyl (C=O) groups excluding carboxylic acids is 3. The summed E-state index contributed by atoms with van der Waals surface area (Å²) in [5, 5.41) is 20.2. The summed E-state index contributed by atoms with van der Waals surface area (Å²) < 4.78 is 61.1. The van der Waals surface area contributed by atoms with Crippen LogP contribution in [0.15, 0.2) is 78.3 Å². The first-order valence-electron chi connectivity index (χ1n) is 20.6. The van der Waals surface area contributed by atoms with Crippen LogP contribution in [0, 0.1) is 40.1 Å². The third-order valence-corrected chi connectivity index (χ3v) is 14.9. The fourth-order valence-electron chi connectivity index (χ4n) is 6.05. The highest BCUT2D eigenvalue weighted by atomic mass is 127. The van der Waals surface area contributed by atoms with Gasteiger partial charge in [-0.2, -0.15) is 0 Å². The number of amides is 3. The molecule has 0 saturated carbocycles. The van der Waals surface area contributed by atoms with E-state index < -0.39 is 40.5 Å². The molecule has 3 amide bonds. The number of ether oxygens (including phenoxy) is 3. The number of carbonyl (C=O) groups is 3. The van der Waals surface area contributed by atoms with Crippen LogP contribution in [0.25, 0.3) is 10.4 Å². The number of terminal acetylenes is 1. The van der Waals surface area contributed by atoms with Crippen LogP contribution in [0.2, 0.25) is 39.3 Å². The summed E-state index contributed by atoms with van der Waals surface area (Å²) in [4.78, 5) is 42.3. The first-order chi connectivity index (χ1) is 32.0. The minimum Gasteiger partial charge on any atom is -0.444 e. The second-order valence-electron chi connectivity index (χ2n) is 17.2. The number of anilines is 3. The lowest BCUT2D eigenvalue weighted by Gasteiger charge is -2.13. The van der Waals surface area contributed by atoms with Crippen molar-refractivity contribution < 1.29 is 41.8 Å². The number of cyclic esters (lactones) is 3. The molecule has 3 fully saturated rings. The molecule has 18 nitrogen and oxygen atoms in total. The van der Waals surface area contributed by atoms with E-state index in [4.69, 9.17) is 26.2 Å². The van der Waals surface area contributed by atoms with E-state index in [0.29, 0.717) is 54.0 Å². The van der Waals surface area contributed by atoms with Crippen LogP contribution in [-0.4, -0.2) is 109 Å². The molecule has 5 aromatic rings. The maximum Gasteiger partial charge on any atom is 0.414 e. The molecule has 5 heterocycles. The van der Waals surface area contributed by atoms with Crippen molar-refractivity contribution >= 4 is 125 Å². The Morgan fingerprint density at radius 3 is 1.49 bits per heavy atom. The number of aromatic nitrogens is 6. The van der Waals surface area contributed by atoms with Crippen molar-refractivity contribution in [2.24, 2.45) is 5.11 Å². The summed E-state index contributed by atoms with van der Waals surface area (Å²) in [6, 6.07) is 13.9. The second-order valence-corrected chi connectivity index (χ2v) is 30.4. The quantitative estimate of drug-likeness (QED) is 0.0247. The Bertz CT molecular complexity index is 2680. The first kappa shape index (κ1) is 54.0. The fourth-order valence-corrected chi connectivity index (χ4v) is 7.93. The minimum atomic E-state index is -1.51. The molecule has 3 aromatic carbocycles. The Morgan fingerprint density at radius 2 is 1.13 bits per heavy atom. The smallest absolute Gasteiger partial charge is 0.414 e. The van der Waals surface area contributed by atoms with E-state index in [-0.39, 0.29) is 42.7 Å². The van der Waals surface area contributed by atoms with Crippen molar-refractivity contribution in [3.05, 3.63) is 112 Å². The van der Waals surface area contributed by atoms with Gasteiger partial charge in [0.25, 0.3) is 0 Å². The normalized spacial score (nSPS) is 17.6. The lowest BCUT2D eigenvalue weighted by atomic mass is 10.2. The van der Waals surface area contributed by atoms with Crippen molar-refractivity contribution in [3.8, 4) is 12.0 Å². The van der Waals surface area contributed by atoms with E-state index in [1.54, 1.807) is 58.2 Å². The Morgan fingerprint density at radius 1 is 0.721 bits per heavy atom. The van der Waals surface area contributed by atoms with Crippen LogP contribution in [0.3, 0.4) is 0 Å². The molecule has 360 valence electrons. The lowest BCUT2D eigenvalue weighted by molar-refractivity contribution is 0.128. The standard InChI is InChI=1S/C15H18FIN4O2Si.C12H10FIN4O2.C10H8FIN4O2.C5H10Si/c1-24(2,3)14-9-20(19-18-14)7-11-8-21(15(22)23-11)10-4-5-13(17)12(16)6-10;13-10-5-8(1-2-11(10)14)18-7-9(20-12(18)19)6-17-4-3-15-16-17;11-8-3-6(1-2-9(8)12)16-5-7(4-14-15-13)18-10(16)17;1-5-6(2,3)4/h4-6,9,11H,7-8H2,1-3H3;1-5,9H,6-7H2;1-3,7H,4-5H2;1H,2-4H3/t11-;9-;7-;/m000./s1. The Kier molecular flexibility index (Phi) is 19.1. The third kappa shape index (κ3) is 15.5. The molecule has 0 unspecified atom stereocenters. The molecule has 2 aromatic heterocycles. The van der Waals surface area contributed by atoms with Crippen LogP contribution < -0.4 is 20.0 Å². The number of hydrogen-bond donors (Lipinski definition) is 0. The molecular formula is C42H46F3I3N12O6Si2. The van der Waals surface area contributed by atoms with Gasteiger partial charge in [-0.3, -0.25) is 14.7 Å². The zero-order valence-corrected chi connectivity index (χ0v) is 46.0. The number of benzene rings is 3. The maximum atomic E-state index is 13.7. The molecule has 0 bridgehead atoms. The molecule has 3 saturated heterocycles. The average molecular weight is 1310 g/mol. The highest BCUT2D eigenvalue weighted by Gasteiger charge is 2.35. The van der Waals surface area contributed by atoms with Gasteiger partial charge in [-0.1, -0.05) is 54.8 Å². The Labute approximate surface area is 433 Å². The van der Waals surface area contributed by atoms with Gasteiger partial charge in [-0.15, -0.1) is 22.2 Å². The number of azide groups is 1. The molecule has 0 radical (unpaired) electrons. The number of halogens is 6. The summed E-state index contributed by atoms with van der Waals surface area (Å²) in [5.74, 6) is -1.09. The van der Waals surface area contributed by atoms with Crippen molar-refractivity contribution in [1.82, 2.24) is 30.0 Å². The van der Waals surface area contributed by atoms with Crippen molar-refractivity contribution in [1.29, 1.82) is 0 Å². The van der Waals surface area contributed by atoms with E-state index in [2.05, 4.69) is 75.5 Å². The van der Waals surface area contributed by atoms with E-state index in [1.807, 2.05) is 74.0 Å². The van der Waals surface area contributed by atoms with E-state index >= 15 is 0 Å². The highest BCUT2D eigenvalue weighted by molar-refractivity contribution is 14.1. The predicted molar refractivity (Wildman–Crippen MR) is 279 cm³/mol. The largest absolute Gasteiger partial charge is 0.444 e. The zero-order valence-electron chi connectivity index (χ0n) is 37.6. The van der Waals surface area contributed by atoms with Gasteiger partial charge in [0.05, 0.1) is 67.8 Å². The third-order valence-electron chi connectivity index (χ3n) is 9.61. The van der Waals surface area contributed by atoms with E-state index in [1.165, 1.54) is 32.9 Å². The first-order valence-corrected chi connectivity index (χ1v) is 30.8. The van der Waals surface area contributed by atoms with Gasteiger partial charge in [0, 0.05) is 28.0 Å². The predicted octanol–water partition coefficient (Wildman–Crippen LogP) is 9.20. The molecule has 3 atom stereocenters. The minimum absolute atomic E-state index is 0.0750. The topological polar surface area (TPSA) is 199 Å². The summed E-state index contributed by atoms with van der Waals surface area (Å²) in [5.41, 5.74) is 12.4. The van der Waals surface area contributed by atoms with Gasteiger partial charge in [0.2, 0.25) is 0 Å². The average Bonchev–Trinajstić information content (AvgIpc) is 4.14. The molecule has 26 heteroatoms. The summed E-state index contributed by atoms with van der Waals surface area (Å²) >= 11 is 5.68. The molecular weight excluding hydrogens is 1260 g/mol. The van der Waals surface area contributed by atoms with Gasteiger partial charge in [0.1, 0.15) is 51.9 Å². The molecule has 8 rings (SSSR count). The Hall–Kier alpha value is -4.97. The lowest BCUT2D eigenvalue weighted by Crippen LogP contribution is -2.38. The molecule has 3 aliphatic heterocycles. The van der Waals surface area contributed by atoms with Crippen molar-refractivity contribution in [2.75, 3.05) is 40.9 Å². The van der Waals surface area contributed by atoms with Crippen LogP contribution in [0.4, 0.5) is 44.6 Å². The number of rotatable bonds is 10. The van der Waals surface area contributed by atoms with E-state index in [0.717, 1.165) is 5.32 Å². The number of hydrogen-bond acceptors (Lipinski definition) is 11. The van der Waals surface area contributed by atoms with Crippen LogP contribution in [0.1, 0.15) is 0 Å². The van der Waals surface area contributed by atoms with Gasteiger partial charge in [-0.05, 0) is 128 Å². The fraction of sp³-hybridized carbons (Fsp3) is 0.357. The highest BCUT2D eigenvalue weighted by Crippen LogP contribution is 2.28. The van der Waals surface area contributed by atoms with E-state index in [9.17, 15) is 27.6 Å². The molecule has 68 heavy (non-hydrogen) atoms. The molecule has 0 aliphatic carbocycles. The SMILES string of the molecule is C#C[Si](C)(C)C.C[Si](C)(C)c1cn(C[C@H]2CN(c3ccc(I)c(F)c3)C(=O)O2)nn1.O=C1O[C@@H](Cn2ccnn2)CN1c1ccc(I)c(F)c1.[N-]=[N+]=NC[C@H]1CN(c2ccc(I)c(F)c2)C(=O)O1. The van der Waals surface area contributed by atoms with Gasteiger partial charge < -0.3 is 14.2 Å². The summed E-state index contributed by atoms with van der Waals surface area (Å²) in [6.07, 6.45) is 7.64. The van der Waals surface area contributed by atoms with Crippen LogP contribution in [-0.2, 0) is 27.3 Å². The molecule has 3 aliphatic rings.